The summed E-state index contributed by atoms with van der Waals surface area (Å²) in [5.41, 5.74) is 11.8. The van der Waals surface area contributed by atoms with Crippen molar-refractivity contribution < 1.29 is 0 Å². The average Bonchev–Trinajstić information content (AvgIpc) is 3.21. The van der Waals surface area contributed by atoms with Crippen molar-refractivity contribution in [2.45, 2.75) is 5.41 Å². The Morgan fingerprint density at radius 2 is 0.964 bits per heavy atom. The number of anilines is 1. The number of benzene rings is 4. The van der Waals surface area contributed by atoms with Crippen LogP contribution in [0.3, 0.4) is 0 Å². The standard InChI is InChI=1S/C25H15N.2Al/c26-23-15-7-14-22-24(23)18-10-3-6-13-21(18)25(22)19-11-4-1-8-16(19)17-9-2-5-12-20(17)25;;/h1-15H;;. The molecule has 0 saturated carbocycles. The predicted molar refractivity (Wildman–Crippen MR) is 117 cm³/mol. The smallest absolute Gasteiger partial charge is 0.277 e. The Bertz CT molecular complexity index is 1210. The van der Waals surface area contributed by atoms with Gasteiger partial charge in [0.1, 0.15) is 0 Å². The molecule has 2 aliphatic rings. The molecule has 126 valence electrons. The van der Waals surface area contributed by atoms with E-state index in [0.717, 1.165) is 0 Å². The molecule has 0 saturated heterocycles. The molecule has 0 aromatic heterocycles. The van der Waals surface area contributed by atoms with Crippen LogP contribution in [0.2, 0.25) is 0 Å². The first-order valence-corrected chi connectivity index (χ1v) is 10.5. The minimum atomic E-state index is -0.250. The molecule has 2 aliphatic carbocycles. The van der Waals surface area contributed by atoms with E-state index >= 15 is 0 Å². The summed E-state index contributed by atoms with van der Waals surface area (Å²) in [7, 11) is 0. The van der Waals surface area contributed by atoms with Gasteiger partial charge < -0.3 is 2.87 Å². The van der Waals surface area contributed by atoms with Crippen LogP contribution in [-0.4, -0.2) is 33.0 Å². The van der Waals surface area contributed by atoms with Crippen LogP contribution in [0.4, 0.5) is 5.69 Å². The van der Waals surface area contributed by atoms with Crippen LogP contribution < -0.4 is 2.87 Å². The van der Waals surface area contributed by atoms with Gasteiger partial charge in [-0.25, -0.2) is 0 Å². The molecule has 28 heavy (non-hydrogen) atoms. The highest BCUT2D eigenvalue weighted by atomic mass is 27.1. The Morgan fingerprint density at radius 3 is 1.54 bits per heavy atom. The fourth-order valence-corrected chi connectivity index (χ4v) is 5.77. The third-order valence-corrected chi connectivity index (χ3v) is 6.83. The van der Waals surface area contributed by atoms with Gasteiger partial charge in [0.25, 0.3) is 33.0 Å². The quantitative estimate of drug-likeness (QED) is 0.361. The van der Waals surface area contributed by atoms with Gasteiger partial charge in [-0.05, 0) is 50.7 Å². The molecule has 0 atom stereocenters. The Morgan fingerprint density at radius 1 is 0.500 bits per heavy atom. The molecular weight excluding hydrogens is 368 g/mol. The number of nitrogens with zero attached hydrogens (tertiary/aromatic N) is 1. The van der Waals surface area contributed by atoms with Crippen LogP contribution in [0.15, 0.2) is 91.0 Å². The molecule has 0 fully saturated rings. The third-order valence-electron chi connectivity index (χ3n) is 6.28. The summed E-state index contributed by atoms with van der Waals surface area (Å²) in [6, 6.07) is 33.4. The largest absolute Gasteiger partial charge is 0.586 e. The van der Waals surface area contributed by atoms with Gasteiger partial charge in [-0.15, -0.1) is 0 Å². The van der Waals surface area contributed by atoms with E-state index in [0.29, 0.717) is 0 Å². The highest BCUT2D eigenvalue weighted by molar-refractivity contribution is 6.42. The highest BCUT2D eigenvalue weighted by Gasteiger charge is 2.51. The molecule has 1 spiro atoms. The van der Waals surface area contributed by atoms with Crippen molar-refractivity contribution in [3.63, 3.8) is 0 Å². The molecule has 0 aliphatic heterocycles. The summed E-state index contributed by atoms with van der Waals surface area (Å²) in [6.45, 7) is 0. The molecular formula is C25H15Al2N. The maximum Gasteiger partial charge on any atom is 0.277 e. The molecule has 4 radical (unpaired) electrons. The van der Waals surface area contributed by atoms with Crippen LogP contribution >= 0.6 is 0 Å². The lowest BCUT2D eigenvalue weighted by Gasteiger charge is -2.31. The normalized spacial score (nSPS) is 14.3. The second kappa shape index (κ2) is 5.87. The van der Waals surface area contributed by atoms with E-state index in [9.17, 15) is 0 Å². The predicted octanol–water partition coefficient (Wildman–Crippen LogP) is 5.00. The number of fused-ring (bicyclic) bond motifs is 10. The van der Waals surface area contributed by atoms with Crippen molar-refractivity contribution in [3.05, 3.63) is 113 Å². The van der Waals surface area contributed by atoms with Crippen molar-refractivity contribution in [2.75, 3.05) is 2.87 Å². The van der Waals surface area contributed by atoms with Crippen LogP contribution in [0.1, 0.15) is 22.3 Å². The van der Waals surface area contributed by atoms with Crippen molar-refractivity contribution in [3.8, 4) is 22.3 Å². The van der Waals surface area contributed by atoms with Gasteiger partial charge in [-0.3, -0.25) is 0 Å². The lowest BCUT2D eigenvalue weighted by molar-refractivity contribution is 0.794. The summed E-state index contributed by atoms with van der Waals surface area (Å²) in [6.07, 6.45) is 0. The van der Waals surface area contributed by atoms with E-state index in [4.69, 9.17) is 0 Å². The zero-order valence-corrected chi connectivity index (χ0v) is 17.6. The highest BCUT2D eigenvalue weighted by Crippen LogP contribution is 2.63. The third kappa shape index (κ3) is 1.88. The van der Waals surface area contributed by atoms with Crippen molar-refractivity contribution in [2.24, 2.45) is 0 Å². The first kappa shape index (κ1) is 16.7. The maximum absolute atomic E-state index is 2.79. The molecule has 4 aromatic rings. The van der Waals surface area contributed by atoms with E-state index in [1.54, 1.807) is 0 Å². The molecule has 4 aromatic carbocycles. The maximum atomic E-state index is 2.79. The first-order valence-electron chi connectivity index (χ1n) is 9.47. The van der Waals surface area contributed by atoms with Crippen LogP contribution in [-0.2, 0) is 5.41 Å². The Balaban J connectivity index is 1.86. The lowest BCUT2D eigenvalue weighted by atomic mass is 9.70. The van der Waals surface area contributed by atoms with Gasteiger partial charge in [0.2, 0.25) is 0 Å². The van der Waals surface area contributed by atoms with E-state index < -0.39 is 0 Å². The van der Waals surface area contributed by atoms with E-state index in [-0.39, 0.29) is 5.41 Å². The molecule has 0 N–H and O–H groups in total. The Labute approximate surface area is 181 Å². The molecule has 0 unspecified atom stereocenters. The summed E-state index contributed by atoms with van der Waals surface area (Å²) >= 11 is 5.57. The number of hydrogen-bond donors (Lipinski definition) is 0. The van der Waals surface area contributed by atoms with Crippen LogP contribution in [0, 0.1) is 0 Å². The summed E-state index contributed by atoms with van der Waals surface area (Å²) in [5.74, 6) is 0. The monoisotopic (exact) mass is 383 g/mol. The average molecular weight is 383 g/mol. The molecule has 0 amide bonds. The van der Waals surface area contributed by atoms with Crippen molar-refractivity contribution >= 4 is 38.7 Å². The Kier molecular flexibility index (Phi) is 3.50. The first-order chi connectivity index (χ1) is 13.7. The zero-order chi connectivity index (χ0) is 18.9. The van der Waals surface area contributed by atoms with Gasteiger partial charge in [0.05, 0.1) is 5.41 Å². The van der Waals surface area contributed by atoms with Crippen molar-refractivity contribution in [1.29, 1.82) is 0 Å². The summed E-state index contributed by atoms with van der Waals surface area (Å²) in [5, 5.41) is 0. The van der Waals surface area contributed by atoms with Crippen LogP contribution in [0.25, 0.3) is 22.3 Å². The minimum Gasteiger partial charge on any atom is -0.586 e. The lowest BCUT2D eigenvalue weighted by Crippen LogP contribution is -2.26. The fourth-order valence-electron chi connectivity index (χ4n) is 5.34. The summed E-state index contributed by atoms with van der Waals surface area (Å²) in [4.78, 5) is 0. The van der Waals surface area contributed by atoms with Gasteiger partial charge in [0.15, 0.2) is 0 Å². The molecule has 6 rings (SSSR count). The van der Waals surface area contributed by atoms with Crippen LogP contribution in [0.5, 0.6) is 0 Å². The molecule has 0 heterocycles. The number of hydrogen-bond acceptors (Lipinski definition) is 1. The van der Waals surface area contributed by atoms with Gasteiger partial charge in [-0.2, -0.15) is 0 Å². The van der Waals surface area contributed by atoms with E-state index in [2.05, 4.69) is 127 Å². The van der Waals surface area contributed by atoms with Gasteiger partial charge in [0, 0.05) is 5.56 Å². The van der Waals surface area contributed by atoms with Gasteiger partial charge in [-0.1, -0.05) is 84.9 Å². The Hall–Kier alpha value is -2.26. The molecule has 0 bridgehead atoms. The van der Waals surface area contributed by atoms with Gasteiger partial charge >= 0.3 is 0 Å². The van der Waals surface area contributed by atoms with Crippen molar-refractivity contribution in [1.82, 2.24) is 0 Å². The summed E-state index contributed by atoms with van der Waals surface area (Å²) < 4.78 is 2.07. The minimum absolute atomic E-state index is 0.250. The van der Waals surface area contributed by atoms with E-state index in [1.807, 2.05) is 0 Å². The molecule has 1 nitrogen and oxygen atoms in total. The van der Waals surface area contributed by atoms with E-state index in [1.165, 1.54) is 50.2 Å². The fraction of sp³-hybridized carbons (Fsp3) is 0.0400. The topological polar surface area (TPSA) is 3.24 Å². The second-order valence-corrected chi connectivity index (χ2v) is 9.20. The zero-order valence-electron chi connectivity index (χ0n) is 15.3. The molecule has 3 heteroatoms. The number of rotatable bonds is 1. The second-order valence-electron chi connectivity index (χ2n) is 7.49. The SMILES string of the molecule is [Al][N]([Al])c1cccc2c1-c1ccccc1C21c2ccccc2-c2ccccc21.